The van der Waals surface area contributed by atoms with Crippen LogP contribution in [-0.4, -0.2) is 28.5 Å². The smallest absolute Gasteiger partial charge is 0.406 e. The van der Waals surface area contributed by atoms with Gasteiger partial charge in [0.05, 0.1) is 23.3 Å². The average molecular weight is 431 g/mol. The van der Waals surface area contributed by atoms with Crippen LogP contribution in [0.2, 0.25) is 0 Å². The number of nitrogens with zero attached hydrogens (tertiary/aromatic N) is 1. The van der Waals surface area contributed by atoms with Crippen LogP contribution in [0.1, 0.15) is 18.5 Å². The minimum absolute atomic E-state index is 0.149. The Morgan fingerprint density at radius 2 is 2.00 bits per heavy atom. The summed E-state index contributed by atoms with van der Waals surface area (Å²) in [5.41, 5.74) is 1.96. The summed E-state index contributed by atoms with van der Waals surface area (Å²) in [5.74, 6) is -0.986. The normalized spacial score (nSPS) is 16.6. The zero-order chi connectivity index (χ0) is 22.2. The molecule has 31 heavy (non-hydrogen) atoms. The zero-order valence-electron chi connectivity index (χ0n) is 16.0. The molecule has 4 rings (SSSR count). The van der Waals surface area contributed by atoms with Gasteiger partial charge in [-0.25, -0.2) is 4.79 Å². The third-order valence-corrected chi connectivity index (χ3v) is 4.64. The Labute approximate surface area is 173 Å². The Morgan fingerprint density at radius 3 is 2.77 bits per heavy atom. The lowest BCUT2D eigenvalue weighted by molar-refractivity contribution is -0.274. The van der Waals surface area contributed by atoms with Crippen LogP contribution in [0.25, 0.3) is 10.9 Å². The van der Waals surface area contributed by atoms with Gasteiger partial charge in [0.15, 0.2) is 0 Å². The van der Waals surface area contributed by atoms with Crippen LogP contribution in [0.5, 0.6) is 5.75 Å². The van der Waals surface area contributed by atoms with E-state index >= 15 is 0 Å². The predicted octanol–water partition coefficient (Wildman–Crippen LogP) is 3.73. The first-order chi connectivity index (χ1) is 14.7. The SMILES string of the molecule is CC1=C(C(=O)Nc2ccc3[nH]ncc3c2)C(c2cccc(OC(F)(F)F)c2)NC(=O)N1. The Morgan fingerprint density at radius 1 is 1.19 bits per heavy atom. The Kier molecular flexibility index (Phi) is 5.01. The number of hydrogen-bond donors (Lipinski definition) is 4. The molecule has 4 N–H and O–H groups in total. The van der Waals surface area contributed by atoms with Crippen molar-refractivity contribution < 1.29 is 27.5 Å². The highest BCUT2D eigenvalue weighted by molar-refractivity contribution is 6.07. The summed E-state index contributed by atoms with van der Waals surface area (Å²) in [6.07, 6.45) is -3.26. The first-order valence-corrected chi connectivity index (χ1v) is 9.08. The summed E-state index contributed by atoms with van der Waals surface area (Å²) in [6, 6.07) is 8.68. The maximum atomic E-state index is 13.1. The number of carbonyl (C=O) groups is 2. The standard InChI is InChI=1S/C20H16F3N5O3/c1-10-16(18(29)26-13-5-6-15-12(7-13)9-24-28-15)17(27-19(30)25-10)11-3-2-4-14(8-11)31-20(21,22)23/h2-9,17H,1H3,(H,24,28)(H,26,29)(H2,25,27,30). The molecule has 2 heterocycles. The van der Waals surface area contributed by atoms with Crippen molar-refractivity contribution in [3.63, 3.8) is 0 Å². The molecule has 1 atom stereocenters. The molecule has 0 fully saturated rings. The number of aromatic amines is 1. The minimum atomic E-state index is -4.87. The van der Waals surface area contributed by atoms with Crippen molar-refractivity contribution in [2.75, 3.05) is 5.32 Å². The summed E-state index contributed by atoms with van der Waals surface area (Å²) in [6.45, 7) is 1.54. The Bertz CT molecular complexity index is 1200. The number of carbonyl (C=O) groups excluding carboxylic acids is 2. The van der Waals surface area contributed by atoms with Crippen molar-refractivity contribution in [2.24, 2.45) is 0 Å². The second-order valence-corrected chi connectivity index (χ2v) is 6.82. The van der Waals surface area contributed by atoms with E-state index in [-0.39, 0.29) is 16.8 Å². The summed E-state index contributed by atoms with van der Waals surface area (Å²) in [5, 5.41) is 15.4. The highest BCUT2D eigenvalue weighted by Gasteiger charge is 2.34. The van der Waals surface area contributed by atoms with Crippen LogP contribution in [0.15, 0.2) is 59.9 Å². The number of benzene rings is 2. The number of nitrogens with one attached hydrogen (secondary N) is 4. The molecule has 1 aliphatic rings. The molecule has 1 aliphatic heterocycles. The van der Waals surface area contributed by atoms with Crippen molar-refractivity contribution in [1.82, 2.24) is 20.8 Å². The van der Waals surface area contributed by atoms with E-state index in [0.717, 1.165) is 23.0 Å². The monoisotopic (exact) mass is 431 g/mol. The largest absolute Gasteiger partial charge is 0.573 e. The van der Waals surface area contributed by atoms with Gasteiger partial charge in [-0.15, -0.1) is 13.2 Å². The summed E-state index contributed by atoms with van der Waals surface area (Å²) in [7, 11) is 0. The Hall–Kier alpha value is -4.02. The van der Waals surface area contributed by atoms with Crippen molar-refractivity contribution in [3.05, 3.63) is 65.5 Å². The van der Waals surface area contributed by atoms with E-state index in [9.17, 15) is 22.8 Å². The first-order valence-electron chi connectivity index (χ1n) is 9.08. The third kappa shape index (κ3) is 4.44. The van der Waals surface area contributed by atoms with Gasteiger partial charge < -0.3 is 20.7 Å². The van der Waals surface area contributed by atoms with Crippen molar-refractivity contribution in [3.8, 4) is 5.75 Å². The molecule has 1 aromatic heterocycles. The van der Waals surface area contributed by atoms with Crippen LogP contribution in [-0.2, 0) is 4.79 Å². The number of fused-ring (bicyclic) bond motifs is 1. The van der Waals surface area contributed by atoms with Crippen molar-refractivity contribution >= 4 is 28.5 Å². The molecule has 160 valence electrons. The molecule has 3 amide bonds. The van der Waals surface area contributed by atoms with Gasteiger partial charge in [0.2, 0.25) is 0 Å². The summed E-state index contributed by atoms with van der Waals surface area (Å²) < 4.78 is 41.7. The van der Waals surface area contributed by atoms with Crippen molar-refractivity contribution in [1.29, 1.82) is 0 Å². The fourth-order valence-electron chi connectivity index (χ4n) is 3.36. The van der Waals surface area contributed by atoms with Crippen molar-refractivity contribution in [2.45, 2.75) is 19.3 Å². The number of urea groups is 1. The van der Waals surface area contributed by atoms with Crippen LogP contribution in [0.3, 0.4) is 0 Å². The van der Waals surface area contributed by atoms with E-state index in [0.29, 0.717) is 5.69 Å². The second kappa shape index (κ2) is 7.67. The number of ether oxygens (including phenoxy) is 1. The lowest BCUT2D eigenvalue weighted by Crippen LogP contribution is -2.46. The molecule has 0 spiro atoms. The van der Waals surface area contributed by atoms with E-state index in [1.165, 1.54) is 19.1 Å². The van der Waals surface area contributed by atoms with Gasteiger partial charge in [0.25, 0.3) is 5.91 Å². The van der Waals surface area contributed by atoms with Crippen LogP contribution in [0.4, 0.5) is 23.7 Å². The van der Waals surface area contributed by atoms with Gasteiger partial charge in [0, 0.05) is 16.8 Å². The molecule has 0 aliphatic carbocycles. The van der Waals surface area contributed by atoms with E-state index < -0.39 is 30.1 Å². The lowest BCUT2D eigenvalue weighted by atomic mass is 9.94. The molecule has 0 bridgehead atoms. The molecule has 1 unspecified atom stereocenters. The van der Waals surface area contributed by atoms with Gasteiger partial charge in [-0.1, -0.05) is 12.1 Å². The van der Waals surface area contributed by atoms with E-state index in [4.69, 9.17) is 0 Å². The molecular weight excluding hydrogens is 415 g/mol. The third-order valence-electron chi connectivity index (χ3n) is 4.64. The number of H-pyrrole nitrogens is 1. The molecule has 2 aromatic carbocycles. The average Bonchev–Trinajstić information content (AvgIpc) is 3.14. The fourth-order valence-corrected chi connectivity index (χ4v) is 3.36. The molecule has 8 nitrogen and oxygen atoms in total. The number of halogens is 3. The number of anilines is 1. The van der Waals surface area contributed by atoms with Gasteiger partial charge in [-0.2, -0.15) is 5.10 Å². The maximum absolute atomic E-state index is 13.1. The maximum Gasteiger partial charge on any atom is 0.573 e. The van der Waals surface area contributed by atoms with E-state index in [1.54, 1.807) is 24.4 Å². The molecule has 3 aromatic rings. The predicted molar refractivity (Wildman–Crippen MR) is 105 cm³/mol. The van der Waals surface area contributed by atoms with Crippen LogP contribution in [0, 0.1) is 0 Å². The number of alkyl halides is 3. The summed E-state index contributed by atoms with van der Waals surface area (Å²) >= 11 is 0. The fraction of sp³-hybridized carbons (Fsp3) is 0.150. The number of aromatic nitrogens is 2. The van der Waals surface area contributed by atoms with E-state index in [1.807, 2.05) is 0 Å². The topological polar surface area (TPSA) is 108 Å². The highest BCUT2D eigenvalue weighted by Crippen LogP contribution is 2.31. The van der Waals surface area contributed by atoms with Gasteiger partial charge in [-0.3, -0.25) is 9.89 Å². The van der Waals surface area contributed by atoms with Crippen LogP contribution < -0.4 is 20.7 Å². The Balaban J connectivity index is 1.65. The van der Waals surface area contributed by atoms with Crippen LogP contribution >= 0.6 is 0 Å². The number of amides is 3. The number of allylic oxidation sites excluding steroid dienone is 1. The second-order valence-electron chi connectivity index (χ2n) is 6.82. The summed E-state index contributed by atoms with van der Waals surface area (Å²) in [4.78, 5) is 25.1. The molecular formula is C20H16F3N5O3. The van der Waals surface area contributed by atoms with Gasteiger partial charge in [0.1, 0.15) is 5.75 Å². The molecule has 0 radical (unpaired) electrons. The molecule has 0 saturated carbocycles. The molecule has 11 heteroatoms. The lowest BCUT2D eigenvalue weighted by Gasteiger charge is -2.29. The quantitative estimate of drug-likeness (QED) is 0.505. The first kappa shape index (κ1) is 20.3. The zero-order valence-corrected chi connectivity index (χ0v) is 16.0. The van der Waals surface area contributed by atoms with Gasteiger partial charge >= 0.3 is 12.4 Å². The number of hydrogen-bond acceptors (Lipinski definition) is 4. The highest BCUT2D eigenvalue weighted by atomic mass is 19.4. The number of rotatable bonds is 4. The minimum Gasteiger partial charge on any atom is -0.406 e. The van der Waals surface area contributed by atoms with Gasteiger partial charge in [-0.05, 0) is 42.8 Å². The molecule has 0 saturated heterocycles. The van der Waals surface area contributed by atoms with E-state index in [2.05, 4.69) is 30.9 Å².